The maximum absolute atomic E-state index is 12.1. The highest BCUT2D eigenvalue weighted by atomic mass is 16.1. The molecule has 2 aliphatic carbocycles. The number of nitrogens with zero attached hydrogens (tertiary/aromatic N) is 1. The molecule has 0 heterocycles. The minimum Gasteiger partial charge on any atom is -0.368 e. The third-order valence-electron chi connectivity index (χ3n) is 3.97. The van der Waals surface area contributed by atoms with Gasteiger partial charge in [-0.15, -0.1) is 0 Å². The average Bonchev–Trinajstić information content (AvgIpc) is 3.28. The number of benzene rings is 1. The van der Waals surface area contributed by atoms with E-state index in [1.807, 2.05) is 19.1 Å². The van der Waals surface area contributed by atoms with Gasteiger partial charge in [-0.3, -0.25) is 4.79 Å². The molecule has 1 aromatic carbocycles. The van der Waals surface area contributed by atoms with Gasteiger partial charge in [0.05, 0.1) is 0 Å². The van der Waals surface area contributed by atoms with E-state index in [1.165, 1.54) is 31.4 Å². The van der Waals surface area contributed by atoms with E-state index in [9.17, 15) is 4.79 Å². The standard InChI is InChI=1S/C16H21NO/c1-2-16(18)14-5-3-4-6-15(14)17(13-9-10-13)11-12-7-8-12/h3-6,12-13H,2,7-11H2,1H3. The molecule has 0 atom stereocenters. The highest BCUT2D eigenvalue weighted by Crippen LogP contribution is 2.39. The SMILES string of the molecule is CCC(=O)c1ccccc1N(CC1CC1)C1CC1. The first kappa shape index (κ1) is 11.8. The fraction of sp³-hybridized carbons (Fsp3) is 0.562. The lowest BCUT2D eigenvalue weighted by molar-refractivity contribution is 0.0988. The Kier molecular flexibility index (Phi) is 3.11. The van der Waals surface area contributed by atoms with Crippen molar-refractivity contribution in [2.24, 2.45) is 5.92 Å². The number of carbonyl (C=O) groups is 1. The van der Waals surface area contributed by atoms with E-state index in [0.29, 0.717) is 12.5 Å². The van der Waals surface area contributed by atoms with Gasteiger partial charge in [0.1, 0.15) is 0 Å². The van der Waals surface area contributed by atoms with Crippen molar-refractivity contribution >= 4 is 11.5 Å². The van der Waals surface area contributed by atoms with Gasteiger partial charge in [-0.1, -0.05) is 19.1 Å². The molecule has 2 saturated carbocycles. The fourth-order valence-electron chi connectivity index (χ4n) is 2.56. The monoisotopic (exact) mass is 243 g/mol. The van der Waals surface area contributed by atoms with Crippen molar-refractivity contribution in [1.82, 2.24) is 0 Å². The summed E-state index contributed by atoms with van der Waals surface area (Å²) in [5, 5.41) is 0. The Bertz CT molecular complexity index is 446. The van der Waals surface area contributed by atoms with Crippen LogP contribution in [0.3, 0.4) is 0 Å². The Morgan fingerprint density at radius 3 is 2.56 bits per heavy atom. The van der Waals surface area contributed by atoms with Gasteiger partial charge in [0, 0.05) is 30.3 Å². The molecular formula is C16H21NO. The van der Waals surface area contributed by atoms with E-state index in [2.05, 4.69) is 17.0 Å². The van der Waals surface area contributed by atoms with Crippen LogP contribution in [0, 0.1) is 5.92 Å². The Morgan fingerprint density at radius 2 is 1.94 bits per heavy atom. The lowest BCUT2D eigenvalue weighted by atomic mass is 10.1. The third-order valence-corrected chi connectivity index (χ3v) is 3.97. The van der Waals surface area contributed by atoms with E-state index in [-0.39, 0.29) is 5.78 Å². The van der Waals surface area contributed by atoms with Crippen molar-refractivity contribution in [3.05, 3.63) is 29.8 Å². The van der Waals surface area contributed by atoms with Gasteiger partial charge in [-0.25, -0.2) is 0 Å². The predicted molar refractivity (Wildman–Crippen MR) is 74.2 cm³/mol. The molecule has 2 fully saturated rings. The summed E-state index contributed by atoms with van der Waals surface area (Å²) in [5.41, 5.74) is 2.10. The van der Waals surface area contributed by atoms with E-state index in [1.54, 1.807) is 0 Å². The molecule has 1 aromatic rings. The van der Waals surface area contributed by atoms with Crippen LogP contribution in [-0.2, 0) is 0 Å². The molecule has 0 aromatic heterocycles. The van der Waals surface area contributed by atoms with E-state index < -0.39 is 0 Å². The molecule has 2 aliphatic rings. The van der Waals surface area contributed by atoms with Gasteiger partial charge >= 0.3 is 0 Å². The zero-order valence-electron chi connectivity index (χ0n) is 11.1. The number of rotatable bonds is 6. The van der Waals surface area contributed by atoms with E-state index >= 15 is 0 Å². The van der Waals surface area contributed by atoms with Crippen molar-refractivity contribution in [3.8, 4) is 0 Å². The largest absolute Gasteiger partial charge is 0.368 e. The Morgan fingerprint density at radius 1 is 1.22 bits per heavy atom. The number of ketones is 1. The Labute approximate surface area is 109 Å². The van der Waals surface area contributed by atoms with Crippen molar-refractivity contribution in [3.63, 3.8) is 0 Å². The molecule has 3 rings (SSSR count). The number of para-hydroxylation sites is 1. The molecule has 0 bridgehead atoms. The summed E-state index contributed by atoms with van der Waals surface area (Å²) in [5.74, 6) is 1.14. The molecule has 0 saturated heterocycles. The van der Waals surface area contributed by atoms with Crippen LogP contribution >= 0.6 is 0 Å². The molecule has 0 aliphatic heterocycles. The number of hydrogen-bond acceptors (Lipinski definition) is 2. The van der Waals surface area contributed by atoms with Crippen molar-refractivity contribution in [1.29, 1.82) is 0 Å². The van der Waals surface area contributed by atoms with Crippen molar-refractivity contribution in [2.45, 2.75) is 45.1 Å². The maximum Gasteiger partial charge on any atom is 0.164 e. The number of Topliss-reactive ketones (excluding diaryl/α,β-unsaturated/α-hetero) is 1. The summed E-state index contributed by atoms with van der Waals surface area (Å²) in [6, 6.07) is 8.85. The van der Waals surface area contributed by atoms with Crippen LogP contribution in [0.4, 0.5) is 5.69 Å². The molecule has 0 unspecified atom stereocenters. The topological polar surface area (TPSA) is 20.3 Å². The molecule has 0 radical (unpaired) electrons. The zero-order chi connectivity index (χ0) is 12.5. The summed E-state index contributed by atoms with van der Waals surface area (Å²) < 4.78 is 0. The first-order valence-electron chi connectivity index (χ1n) is 7.18. The lowest BCUT2D eigenvalue weighted by Crippen LogP contribution is -2.29. The summed E-state index contributed by atoms with van der Waals surface area (Å²) >= 11 is 0. The van der Waals surface area contributed by atoms with Crippen LogP contribution in [0.25, 0.3) is 0 Å². The lowest BCUT2D eigenvalue weighted by Gasteiger charge is -2.26. The second-order valence-corrected chi connectivity index (χ2v) is 5.62. The van der Waals surface area contributed by atoms with Gasteiger partial charge in [0.2, 0.25) is 0 Å². The summed E-state index contributed by atoms with van der Waals surface area (Å²) in [7, 11) is 0. The molecular weight excluding hydrogens is 222 g/mol. The smallest absolute Gasteiger partial charge is 0.164 e. The van der Waals surface area contributed by atoms with Crippen molar-refractivity contribution in [2.75, 3.05) is 11.4 Å². The second kappa shape index (κ2) is 4.75. The fourth-order valence-corrected chi connectivity index (χ4v) is 2.56. The molecule has 2 nitrogen and oxygen atoms in total. The van der Waals surface area contributed by atoms with Crippen LogP contribution in [0.5, 0.6) is 0 Å². The van der Waals surface area contributed by atoms with Crippen LogP contribution in [0.15, 0.2) is 24.3 Å². The number of carbonyl (C=O) groups excluding carboxylic acids is 1. The van der Waals surface area contributed by atoms with Gasteiger partial charge in [-0.05, 0) is 43.7 Å². The van der Waals surface area contributed by atoms with Gasteiger partial charge in [0.15, 0.2) is 5.78 Å². The molecule has 2 heteroatoms. The summed E-state index contributed by atoms with van der Waals surface area (Å²) in [4.78, 5) is 14.6. The first-order chi connectivity index (χ1) is 8.79. The second-order valence-electron chi connectivity index (χ2n) is 5.62. The third kappa shape index (κ3) is 2.43. The van der Waals surface area contributed by atoms with Gasteiger partial charge in [0.25, 0.3) is 0 Å². The minimum atomic E-state index is 0.270. The number of anilines is 1. The minimum absolute atomic E-state index is 0.270. The summed E-state index contributed by atoms with van der Waals surface area (Å²) in [6.45, 7) is 3.10. The Hall–Kier alpha value is -1.31. The summed E-state index contributed by atoms with van der Waals surface area (Å²) in [6.07, 6.45) is 5.92. The van der Waals surface area contributed by atoms with Crippen LogP contribution in [0.1, 0.15) is 49.4 Å². The van der Waals surface area contributed by atoms with Crippen LogP contribution < -0.4 is 4.90 Å². The first-order valence-corrected chi connectivity index (χ1v) is 7.18. The van der Waals surface area contributed by atoms with Crippen molar-refractivity contribution < 1.29 is 4.79 Å². The molecule has 18 heavy (non-hydrogen) atoms. The number of hydrogen-bond donors (Lipinski definition) is 0. The van der Waals surface area contributed by atoms with Gasteiger partial charge in [-0.2, -0.15) is 0 Å². The van der Waals surface area contributed by atoms with Gasteiger partial charge < -0.3 is 4.90 Å². The normalized spacial score (nSPS) is 18.7. The zero-order valence-corrected chi connectivity index (χ0v) is 11.1. The molecule has 96 valence electrons. The Balaban J connectivity index is 1.89. The predicted octanol–water partition coefficient (Wildman–Crippen LogP) is 3.66. The molecule has 0 spiro atoms. The molecule has 0 N–H and O–H groups in total. The van der Waals surface area contributed by atoms with Crippen LogP contribution in [-0.4, -0.2) is 18.4 Å². The quantitative estimate of drug-likeness (QED) is 0.711. The van der Waals surface area contributed by atoms with Crippen LogP contribution in [0.2, 0.25) is 0 Å². The van der Waals surface area contributed by atoms with E-state index in [0.717, 1.165) is 18.0 Å². The average molecular weight is 243 g/mol. The van der Waals surface area contributed by atoms with E-state index in [4.69, 9.17) is 0 Å². The maximum atomic E-state index is 12.1. The highest BCUT2D eigenvalue weighted by molar-refractivity contribution is 6.01. The highest BCUT2D eigenvalue weighted by Gasteiger charge is 2.35. The molecule has 0 amide bonds.